The van der Waals surface area contributed by atoms with Crippen molar-refractivity contribution in [3.8, 4) is 5.75 Å². The molecule has 7 nitrogen and oxygen atoms in total. The van der Waals surface area contributed by atoms with E-state index in [1.54, 1.807) is 6.20 Å². The van der Waals surface area contributed by atoms with E-state index in [1.165, 1.54) is 0 Å². The molecule has 1 N–H and O–H groups in total. The van der Waals surface area contributed by atoms with Gasteiger partial charge in [-0.25, -0.2) is 4.98 Å². The second-order valence-corrected chi connectivity index (χ2v) is 7.17. The number of rotatable bonds is 12. The summed E-state index contributed by atoms with van der Waals surface area (Å²) in [5.74, 6) is 0.816. The van der Waals surface area contributed by atoms with Gasteiger partial charge in [-0.2, -0.15) is 0 Å². The topological polar surface area (TPSA) is 84.2 Å². The quantitative estimate of drug-likeness (QED) is 0.337. The molecule has 7 heteroatoms. The van der Waals surface area contributed by atoms with Crippen LogP contribution in [0.3, 0.4) is 0 Å². The number of aromatic nitrogens is 1. The van der Waals surface area contributed by atoms with Crippen molar-refractivity contribution >= 4 is 17.5 Å². The van der Waals surface area contributed by atoms with Crippen molar-refractivity contribution in [3.05, 3.63) is 90.1 Å². The van der Waals surface area contributed by atoms with E-state index in [9.17, 15) is 4.79 Å². The number of nitrogens with zero attached hydrogens (tertiary/aromatic N) is 3. The number of oxime groups is 1. The first-order chi connectivity index (χ1) is 15.6. The third-order valence-corrected chi connectivity index (χ3v) is 4.75. The summed E-state index contributed by atoms with van der Waals surface area (Å²) in [5.41, 5.74) is 2.41. The van der Waals surface area contributed by atoms with Crippen LogP contribution in [0, 0.1) is 0 Å². The van der Waals surface area contributed by atoms with Crippen LogP contribution >= 0.6 is 0 Å². The lowest BCUT2D eigenvalue weighted by atomic mass is 10.1. The van der Waals surface area contributed by atoms with Crippen LogP contribution in [0.15, 0.2) is 84.1 Å². The molecule has 0 atom stereocenters. The lowest BCUT2D eigenvalue weighted by Gasteiger charge is -2.18. The van der Waals surface area contributed by atoms with E-state index in [0.29, 0.717) is 18.7 Å². The molecule has 0 bridgehead atoms. The molecule has 3 aromatic rings. The lowest BCUT2D eigenvalue weighted by molar-refractivity contribution is -0.136. The molecule has 2 aromatic carbocycles. The van der Waals surface area contributed by atoms with Crippen molar-refractivity contribution < 1.29 is 19.5 Å². The maximum absolute atomic E-state index is 10.9. The van der Waals surface area contributed by atoms with Crippen LogP contribution in [0.25, 0.3) is 0 Å². The summed E-state index contributed by atoms with van der Waals surface area (Å²) in [7, 11) is 1.98. The zero-order valence-electron chi connectivity index (χ0n) is 18.1. The number of carbonyl (C=O) groups is 1. The van der Waals surface area contributed by atoms with Gasteiger partial charge in [-0.05, 0) is 35.4 Å². The van der Waals surface area contributed by atoms with Gasteiger partial charge in [0.15, 0.2) is 0 Å². The molecule has 1 heterocycles. The van der Waals surface area contributed by atoms with Crippen LogP contribution in [0.2, 0.25) is 0 Å². The normalized spacial score (nSPS) is 11.1. The van der Waals surface area contributed by atoms with Gasteiger partial charge in [-0.1, -0.05) is 53.7 Å². The first-order valence-corrected chi connectivity index (χ1v) is 10.4. The average molecular weight is 434 g/mol. The van der Waals surface area contributed by atoms with Crippen LogP contribution in [0.5, 0.6) is 5.75 Å². The second-order valence-electron chi connectivity index (χ2n) is 7.17. The fraction of sp³-hybridized carbons (Fsp3) is 0.240. The molecule has 3 rings (SSSR count). The summed E-state index contributed by atoms with van der Waals surface area (Å²) in [4.78, 5) is 22.8. The van der Waals surface area contributed by atoms with Crippen LogP contribution in [-0.2, 0) is 16.2 Å². The van der Waals surface area contributed by atoms with Crippen molar-refractivity contribution in [2.24, 2.45) is 5.16 Å². The van der Waals surface area contributed by atoms with E-state index in [1.807, 2.05) is 84.7 Å². The van der Waals surface area contributed by atoms with E-state index < -0.39 is 5.97 Å². The van der Waals surface area contributed by atoms with E-state index >= 15 is 0 Å². The molecule has 0 aliphatic heterocycles. The Balaban J connectivity index is 1.48. The number of benzene rings is 2. The van der Waals surface area contributed by atoms with Gasteiger partial charge in [0, 0.05) is 19.7 Å². The predicted molar refractivity (Wildman–Crippen MR) is 124 cm³/mol. The molecule has 0 amide bonds. The monoisotopic (exact) mass is 433 g/mol. The van der Waals surface area contributed by atoms with Crippen LogP contribution in [-0.4, -0.2) is 42.0 Å². The highest BCUT2D eigenvalue weighted by Gasteiger charge is 2.08. The Bertz CT molecular complexity index is 993. The summed E-state index contributed by atoms with van der Waals surface area (Å²) in [6.07, 6.45) is 2.07. The molecule has 0 aliphatic rings. The Morgan fingerprint density at radius 3 is 2.44 bits per heavy atom. The standard InChI is InChI=1S/C25H27N3O4/c1-28(24-9-5-6-16-26-24)17-18-31-22-12-10-20(11-13-22)19-32-27-23(14-15-25(29)30)21-7-3-2-4-8-21/h2-13,16H,14-15,17-19H2,1H3,(H,29,30). The minimum atomic E-state index is -0.865. The lowest BCUT2D eigenvalue weighted by Crippen LogP contribution is -2.24. The smallest absolute Gasteiger partial charge is 0.303 e. The summed E-state index contributed by atoms with van der Waals surface area (Å²) in [6, 6.07) is 22.9. The molecule has 1 aromatic heterocycles. The molecule has 0 spiro atoms. The third kappa shape index (κ3) is 7.43. The number of hydrogen-bond donors (Lipinski definition) is 1. The first-order valence-electron chi connectivity index (χ1n) is 10.4. The fourth-order valence-electron chi connectivity index (χ4n) is 2.96. The number of anilines is 1. The SMILES string of the molecule is CN(CCOc1ccc(CON=C(CCC(=O)O)c2ccccc2)cc1)c1ccccn1. The highest BCUT2D eigenvalue weighted by molar-refractivity contribution is 6.01. The van der Waals surface area contributed by atoms with Crippen molar-refractivity contribution in [1.82, 2.24) is 4.98 Å². The van der Waals surface area contributed by atoms with Gasteiger partial charge in [0.05, 0.1) is 18.7 Å². The maximum Gasteiger partial charge on any atom is 0.303 e. The summed E-state index contributed by atoms with van der Waals surface area (Å²) < 4.78 is 5.81. The minimum Gasteiger partial charge on any atom is -0.492 e. The second kappa shape index (κ2) is 12.1. The Hall–Kier alpha value is -3.87. The average Bonchev–Trinajstić information content (AvgIpc) is 2.83. The van der Waals surface area contributed by atoms with Crippen LogP contribution in [0.1, 0.15) is 24.0 Å². The number of carboxylic acids is 1. The molecule has 0 unspecified atom stereocenters. The fourth-order valence-corrected chi connectivity index (χ4v) is 2.96. The number of hydrogen-bond acceptors (Lipinski definition) is 6. The maximum atomic E-state index is 10.9. The summed E-state index contributed by atoms with van der Waals surface area (Å²) in [5, 5.41) is 13.2. The van der Waals surface area contributed by atoms with Gasteiger partial charge in [0.2, 0.25) is 0 Å². The largest absolute Gasteiger partial charge is 0.492 e. The van der Waals surface area contributed by atoms with Gasteiger partial charge in [-0.3, -0.25) is 4.79 Å². The Morgan fingerprint density at radius 1 is 1.00 bits per heavy atom. The van der Waals surface area contributed by atoms with Crippen LogP contribution < -0.4 is 9.64 Å². The molecule has 32 heavy (non-hydrogen) atoms. The van der Waals surface area contributed by atoms with E-state index in [4.69, 9.17) is 14.7 Å². The number of pyridine rings is 1. The number of carboxylic acid groups (broad SMARTS) is 1. The zero-order valence-corrected chi connectivity index (χ0v) is 18.1. The highest BCUT2D eigenvalue weighted by atomic mass is 16.6. The summed E-state index contributed by atoms with van der Waals surface area (Å²) >= 11 is 0. The predicted octanol–water partition coefficient (Wildman–Crippen LogP) is 4.38. The zero-order chi connectivity index (χ0) is 22.6. The van der Waals surface area contributed by atoms with Gasteiger partial charge in [0.1, 0.15) is 24.8 Å². The van der Waals surface area contributed by atoms with Crippen molar-refractivity contribution in [2.45, 2.75) is 19.4 Å². The Morgan fingerprint density at radius 2 is 1.75 bits per heavy atom. The van der Waals surface area contributed by atoms with E-state index in [2.05, 4.69) is 10.1 Å². The molecule has 0 fully saturated rings. The third-order valence-electron chi connectivity index (χ3n) is 4.75. The molecule has 166 valence electrons. The van der Waals surface area contributed by atoms with Crippen molar-refractivity contribution in [1.29, 1.82) is 0 Å². The molecular formula is C25H27N3O4. The Labute approximate surface area is 187 Å². The number of aliphatic carboxylic acids is 1. The van der Waals surface area contributed by atoms with Crippen LogP contribution in [0.4, 0.5) is 5.82 Å². The van der Waals surface area contributed by atoms with E-state index in [0.717, 1.165) is 29.2 Å². The molecular weight excluding hydrogens is 406 g/mol. The van der Waals surface area contributed by atoms with Gasteiger partial charge in [0.25, 0.3) is 0 Å². The first kappa shape index (κ1) is 22.8. The van der Waals surface area contributed by atoms with Crippen molar-refractivity contribution in [3.63, 3.8) is 0 Å². The van der Waals surface area contributed by atoms with Gasteiger partial charge < -0.3 is 19.6 Å². The number of ether oxygens (including phenoxy) is 1. The Kier molecular flexibility index (Phi) is 8.62. The van der Waals surface area contributed by atoms with Gasteiger partial charge in [-0.15, -0.1) is 0 Å². The molecule has 0 radical (unpaired) electrons. The van der Waals surface area contributed by atoms with Crippen molar-refractivity contribution in [2.75, 3.05) is 25.1 Å². The summed E-state index contributed by atoms with van der Waals surface area (Å²) in [6.45, 7) is 1.54. The molecule has 0 saturated heterocycles. The minimum absolute atomic E-state index is 0.00134. The highest BCUT2D eigenvalue weighted by Crippen LogP contribution is 2.14. The van der Waals surface area contributed by atoms with Gasteiger partial charge >= 0.3 is 5.97 Å². The van der Waals surface area contributed by atoms with E-state index in [-0.39, 0.29) is 13.0 Å². The number of likely N-dealkylation sites (N-methyl/N-ethyl adjacent to an activating group) is 1. The molecule has 0 saturated carbocycles. The molecule has 0 aliphatic carbocycles.